The fourth-order valence-corrected chi connectivity index (χ4v) is 2.86. The van der Waals surface area contributed by atoms with Crippen LogP contribution in [0.2, 0.25) is 5.02 Å². The zero-order valence-corrected chi connectivity index (χ0v) is 15.1. The van der Waals surface area contributed by atoms with Crippen LogP contribution in [0.1, 0.15) is 36.2 Å². The molecule has 1 fully saturated rings. The zero-order chi connectivity index (χ0) is 18.4. The molecule has 0 bridgehead atoms. The predicted molar refractivity (Wildman–Crippen MR) is 98.6 cm³/mol. The van der Waals surface area contributed by atoms with Gasteiger partial charge in [0.15, 0.2) is 5.78 Å². The third-order valence-electron chi connectivity index (χ3n) is 4.11. The number of hydrogen-bond donors (Lipinski definition) is 0. The van der Waals surface area contributed by atoms with E-state index in [0.717, 1.165) is 24.7 Å². The molecule has 0 aliphatic carbocycles. The normalized spacial score (nSPS) is 16.0. The number of anilines is 1. The number of carbonyl (C=O) groups is 1. The molecular weight excluding hydrogens is 339 g/mol. The molecule has 1 aliphatic rings. The molecule has 3 nitrogen and oxygen atoms in total. The summed E-state index contributed by atoms with van der Waals surface area (Å²) in [5, 5.41) is 9.32. The van der Waals surface area contributed by atoms with Gasteiger partial charge < -0.3 is 4.90 Å². The van der Waals surface area contributed by atoms with Crippen LogP contribution in [0.5, 0.6) is 0 Å². The molecule has 2 aromatic carbocycles. The lowest BCUT2D eigenvalue weighted by molar-refractivity contribution is 0.101. The van der Waals surface area contributed by atoms with E-state index in [1.807, 2.05) is 12.1 Å². The third-order valence-corrected chi connectivity index (χ3v) is 4.43. The molecule has 0 radical (unpaired) electrons. The average molecular weight is 359 g/mol. The number of carbonyl (C=O) groups excluding carboxylic acids is 1. The topological polar surface area (TPSA) is 44.1 Å². The summed E-state index contributed by atoms with van der Waals surface area (Å²) in [6.45, 7) is 5.88. The molecule has 5 heteroatoms. The van der Waals surface area contributed by atoms with Gasteiger partial charge in [-0.2, -0.15) is 5.26 Å². The van der Waals surface area contributed by atoms with Crippen LogP contribution < -0.4 is 4.90 Å². The van der Waals surface area contributed by atoms with Gasteiger partial charge in [0.05, 0.1) is 10.6 Å². The van der Waals surface area contributed by atoms with Crippen molar-refractivity contribution in [3.63, 3.8) is 0 Å². The highest BCUT2D eigenvalue weighted by molar-refractivity contribution is 6.32. The van der Waals surface area contributed by atoms with Crippen LogP contribution in [0, 0.1) is 23.1 Å². The van der Waals surface area contributed by atoms with Gasteiger partial charge in [-0.3, -0.25) is 4.79 Å². The van der Waals surface area contributed by atoms with E-state index in [0.29, 0.717) is 16.1 Å². The van der Waals surface area contributed by atoms with Gasteiger partial charge in [-0.25, -0.2) is 4.39 Å². The Labute approximate surface area is 152 Å². The first-order valence-electron chi connectivity index (χ1n) is 8.12. The number of halogens is 2. The van der Waals surface area contributed by atoms with Crippen molar-refractivity contribution >= 4 is 23.1 Å². The van der Waals surface area contributed by atoms with Crippen molar-refractivity contribution in [1.29, 1.82) is 5.26 Å². The maximum atomic E-state index is 12.2. The number of nitrogens with zero attached hydrogens (tertiary/aromatic N) is 2. The van der Waals surface area contributed by atoms with Gasteiger partial charge in [-0.1, -0.05) is 18.5 Å². The van der Waals surface area contributed by atoms with Gasteiger partial charge in [-0.05, 0) is 61.7 Å². The largest absolute Gasteiger partial charge is 0.371 e. The molecule has 0 spiro atoms. The van der Waals surface area contributed by atoms with Crippen LogP contribution in [0.15, 0.2) is 42.5 Å². The smallest absolute Gasteiger partial charge is 0.159 e. The fraction of sp³-hybridized carbons (Fsp3) is 0.300. The standard InChI is InChI=1S/C12H13ClN2.C8H7FO/c1-9-4-5-15(8-9)11-3-2-10(7-14)12(13)6-11;1-6(10)7-2-4-8(9)5-3-7/h2-3,6,9H,4-5,8H2,1H3;2-5H,1H3/t9-;/m1./s1. The first-order chi connectivity index (χ1) is 11.9. The van der Waals surface area contributed by atoms with Gasteiger partial charge in [0.1, 0.15) is 11.9 Å². The molecule has 25 heavy (non-hydrogen) atoms. The summed E-state index contributed by atoms with van der Waals surface area (Å²) >= 11 is 6.00. The zero-order valence-electron chi connectivity index (χ0n) is 14.3. The van der Waals surface area contributed by atoms with Gasteiger partial charge in [0.25, 0.3) is 0 Å². The van der Waals surface area contributed by atoms with Crippen molar-refractivity contribution in [2.75, 3.05) is 18.0 Å². The van der Waals surface area contributed by atoms with E-state index in [4.69, 9.17) is 16.9 Å². The van der Waals surface area contributed by atoms with Crippen molar-refractivity contribution in [3.05, 3.63) is 64.4 Å². The minimum Gasteiger partial charge on any atom is -0.371 e. The minimum absolute atomic E-state index is 0.0417. The van der Waals surface area contributed by atoms with Crippen LogP contribution >= 0.6 is 11.6 Å². The van der Waals surface area contributed by atoms with E-state index in [1.165, 1.54) is 37.6 Å². The van der Waals surface area contributed by atoms with Crippen molar-refractivity contribution < 1.29 is 9.18 Å². The molecule has 0 aromatic heterocycles. The first-order valence-corrected chi connectivity index (χ1v) is 8.49. The molecule has 0 saturated carbocycles. The molecule has 2 aromatic rings. The molecule has 0 unspecified atom stereocenters. The maximum Gasteiger partial charge on any atom is 0.159 e. The fourth-order valence-electron chi connectivity index (χ4n) is 2.65. The Morgan fingerprint density at radius 3 is 2.44 bits per heavy atom. The van der Waals surface area contributed by atoms with Crippen LogP contribution in [-0.4, -0.2) is 18.9 Å². The van der Waals surface area contributed by atoms with Crippen molar-refractivity contribution in [2.45, 2.75) is 20.3 Å². The predicted octanol–water partition coefficient (Wildman–Crippen LogP) is 5.09. The summed E-state index contributed by atoms with van der Waals surface area (Å²) in [6, 6.07) is 13.2. The molecule has 1 atom stereocenters. The summed E-state index contributed by atoms with van der Waals surface area (Å²) in [7, 11) is 0. The molecule has 0 amide bonds. The monoisotopic (exact) mass is 358 g/mol. The van der Waals surface area contributed by atoms with E-state index < -0.39 is 0 Å². The van der Waals surface area contributed by atoms with Crippen LogP contribution in [0.4, 0.5) is 10.1 Å². The van der Waals surface area contributed by atoms with E-state index in [2.05, 4.69) is 17.9 Å². The second-order valence-electron chi connectivity index (χ2n) is 6.18. The van der Waals surface area contributed by atoms with Crippen LogP contribution in [0.3, 0.4) is 0 Å². The molecule has 0 N–H and O–H groups in total. The molecule has 1 heterocycles. The lowest BCUT2D eigenvalue weighted by Gasteiger charge is -2.18. The quantitative estimate of drug-likeness (QED) is 0.702. The second-order valence-corrected chi connectivity index (χ2v) is 6.59. The number of benzene rings is 2. The third kappa shape index (κ3) is 5.30. The maximum absolute atomic E-state index is 12.2. The molecule has 3 rings (SSSR count). The summed E-state index contributed by atoms with van der Waals surface area (Å²) in [5.74, 6) is 0.393. The Hall–Kier alpha value is -2.38. The number of ketones is 1. The van der Waals surface area contributed by atoms with Crippen molar-refractivity contribution in [1.82, 2.24) is 0 Å². The van der Waals surface area contributed by atoms with E-state index in [1.54, 1.807) is 6.07 Å². The van der Waals surface area contributed by atoms with Crippen molar-refractivity contribution in [3.8, 4) is 6.07 Å². The molecule has 1 aliphatic heterocycles. The molecule has 1 saturated heterocycles. The second kappa shape index (κ2) is 8.64. The molecular formula is C20H20ClFN2O. The van der Waals surface area contributed by atoms with Gasteiger partial charge in [0.2, 0.25) is 0 Å². The van der Waals surface area contributed by atoms with Gasteiger partial charge in [0, 0.05) is 24.3 Å². The van der Waals surface area contributed by atoms with E-state index >= 15 is 0 Å². The Balaban J connectivity index is 0.000000196. The van der Waals surface area contributed by atoms with Crippen LogP contribution in [0.25, 0.3) is 0 Å². The molecule has 130 valence electrons. The summed E-state index contributed by atoms with van der Waals surface area (Å²) in [6.07, 6.45) is 1.23. The minimum atomic E-state index is -0.315. The summed E-state index contributed by atoms with van der Waals surface area (Å²) < 4.78 is 12.2. The summed E-state index contributed by atoms with van der Waals surface area (Å²) in [5.41, 5.74) is 2.22. The number of Topliss-reactive ketones (excluding diaryl/α,β-unsaturated/α-hetero) is 1. The van der Waals surface area contributed by atoms with Crippen LogP contribution in [-0.2, 0) is 0 Å². The first kappa shape index (κ1) is 19.0. The number of hydrogen-bond acceptors (Lipinski definition) is 3. The highest BCUT2D eigenvalue weighted by Crippen LogP contribution is 2.27. The highest BCUT2D eigenvalue weighted by Gasteiger charge is 2.19. The summed E-state index contributed by atoms with van der Waals surface area (Å²) in [4.78, 5) is 13.0. The lowest BCUT2D eigenvalue weighted by Crippen LogP contribution is -2.18. The highest BCUT2D eigenvalue weighted by atomic mass is 35.5. The van der Waals surface area contributed by atoms with Gasteiger partial charge in [-0.15, -0.1) is 0 Å². The average Bonchev–Trinajstić information content (AvgIpc) is 3.02. The van der Waals surface area contributed by atoms with E-state index in [9.17, 15) is 9.18 Å². The number of rotatable bonds is 2. The Morgan fingerprint density at radius 1 is 1.28 bits per heavy atom. The van der Waals surface area contributed by atoms with Crippen molar-refractivity contribution in [2.24, 2.45) is 5.92 Å². The Bertz CT molecular complexity index is 783. The lowest BCUT2D eigenvalue weighted by atomic mass is 10.1. The number of nitriles is 1. The Kier molecular flexibility index (Phi) is 6.55. The SMILES string of the molecule is CC(=O)c1ccc(F)cc1.C[C@@H]1CCN(c2ccc(C#N)c(Cl)c2)C1. The van der Waals surface area contributed by atoms with E-state index in [-0.39, 0.29) is 11.6 Å². The Morgan fingerprint density at radius 2 is 1.96 bits per heavy atom. The van der Waals surface area contributed by atoms with Gasteiger partial charge >= 0.3 is 0 Å².